The van der Waals surface area contributed by atoms with Crippen LogP contribution in [0.15, 0.2) is 48.7 Å². The largest absolute Gasteiger partial charge is 0.304 e. The number of nitrogens with one attached hydrogen (secondary N) is 1. The minimum Gasteiger partial charge on any atom is -0.304 e. The molecule has 0 amide bonds. The molecule has 3 heteroatoms. The maximum atomic E-state index is 13.5. The van der Waals surface area contributed by atoms with Crippen molar-refractivity contribution in [3.05, 3.63) is 65.7 Å². The molecule has 1 unspecified atom stereocenters. The van der Waals surface area contributed by atoms with E-state index in [0.717, 1.165) is 5.69 Å². The third-order valence-electron chi connectivity index (χ3n) is 2.69. The quantitative estimate of drug-likeness (QED) is 0.873. The second-order valence-corrected chi connectivity index (χ2v) is 3.95. The Bertz CT molecular complexity index is 471. The van der Waals surface area contributed by atoms with Crippen molar-refractivity contribution in [2.24, 2.45) is 0 Å². The summed E-state index contributed by atoms with van der Waals surface area (Å²) in [4.78, 5) is 4.21. The summed E-state index contributed by atoms with van der Waals surface area (Å²) >= 11 is 0. The molecule has 0 saturated heterocycles. The van der Waals surface area contributed by atoms with E-state index in [1.807, 2.05) is 31.2 Å². The molecule has 0 spiro atoms. The van der Waals surface area contributed by atoms with Gasteiger partial charge in [0.2, 0.25) is 0 Å². The van der Waals surface area contributed by atoms with Crippen LogP contribution in [0.2, 0.25) is 0 Å². The van der Waals surface area contributed by atoms with Gasteiger partial charge in [0.05, 0.1) is 5.69 Å². The van der Waals surface area contributed by atoms with E-state index < -0.39 is 0 Å². The minimum atomic E-state index is -0.173. The molecular weight excluding hydrogens is 215 g/mol. The maximum absolute atomic E-state index is 13.5. The van der Waals surface area contributed by atoms with Gasteiger partial charge in [-0.15, -0.1) is 0 Å². The number of halogens is 1. The lowest BCUT2D eigenvalue weighted by Crippen LogP contribution is -2.19. The molecule has 0 bridgehead atoms. The van der Waals surface area contributed by atoms with Gasteiger partial charge in [-0.25, -0.2) is 4.39 Å². The lowest BCUT2D eigenvalue weighted by Gasteiger charge is -2.14. The molecule has 2 aromatic rings. The fraction of sp³-hybridized carbons (Fsp3) is 0.214. The van der Waals surface area contributed by atoms with Crippen LogP contribution in [-0.2, 0) is 6.54 Å². The van der Waals surface area contributed by atoms with E-state index >= 15 is 0 Å². The monoisotopic (exact) mass is 230 g/mol. The molecule has 0 aliphatic rings. The van der Waals surface area contributed by atoms with Crippen LogP contribution in [0.5, 0.6) is 0 Å². The average Bonchev–Trinajstić information content (AvgIpc) is 2.38. The summed E-state index contributed by atoms with van der Waals surface area (Å²) in [6, 6.07) is 12.6. The van der Waals surface area contributed by atoms with Crippen LogP contribution >= 0.6 is 0 Å². The second kappa shape index (κ2) is 5.55. The van der Waals surface area contributed by atoms with Crippen molar-refractivity contribution < 1.29 is 4.39 Å². The van der Waals surface area contributed by atoms with Crippen molar-refractivity contribution in [3.63, 3.8) is 0 Å². The first kappa shape index (κ1) is 11.7. The fourth-order valence-electron chi connectivity index (χ4n) is 1.70. The standard InChI is InChI=1S/C14H15FN2/c1-11(13-7-2-3-8-14(13)15)17-10-12-6-4-5-9-16-12/h2-9,11,17H,10H2,1H3. The van der Waals surface area contributed by atoms with Crippen LogP contribution < -0.4 is 5.32 Å². The smallest absolute Gasteiger partial charge is 0.127 e. The number of hydrogen-bond donors (Lipinski definition) is 1. The van der Waals surface area contributed by atoms with E-state index in [1.54, 1.807) is 18.3 Å². The Kier molecular flexibility index (Phi) is 3.83. The first-order valence-corrected chi connectivity index (χ1v) is 5.65. The molecule has 0 saturated carbocycles. The van der Waals surface area contributed by atoms with E-state index in [4.69, 9.17) is 0 Å². The summed E-state index contributed by atoms with van der Waals surface area (Å²) in [5.74, 6) is -0.173. The van der Waals surface area contributed by atoms with Gasteiger partial charge in [-0.3, -0.25) is 4.98 Å². The van der Waals surface area contributed by atoms with Crippen LogP contribution in [0, 0.1) is 5.82 Å². The molecular formula is C14H15FN2. The van der Waals surface area contributed by atoms with Crippen molar-refractivity contribution in [1.29, 1.82) is 0 Å². The highest BCUT2D eigenvalue weighted by Crippen LogP contribution is 2.16. The maximum Gasteiger partial charge on any atom is 0.127 e. The van der Waals surface area contributed by atoms with Crippen molar-refractivity contribution in [2.45, 2.75) is 19.5 Å². The molecule has 0 aliphatic carbocycles. The second-order valence-electron chi connectivity index (χ2n) is 3.95. The van der Waals surface area contributed by atoms with Gasteiger partial charge < -0.3 is 5.32 Å². The number of nitrogens with zero attached hydrogens (tertiary/aromatic N) is 1. The van der Waals surface area contributed by atoms with Gasteiger partial charge in [-0.2, -0.15) is 0 Å². The lowest BCUT2D eigenvalue weighted by molar-refractivity contribution is 0.524. The third kappa shape index (κ3) is 3.11. The Morgan fingerprint density at radius 1 is 1.18 bits per heavy atom. The Labute approximate surface area is 101 Å². The summed E-state index contributed by atoms with van der Waals surface area (Å²) in [6.45, 7) is 2.58. The van der Waals surface area contributed by atoms with Gasteiger partial charge >= 0.3 is 0 Å². The Hall–Kier alpha value is -1.74. The topological polar surface area (TPSA) is 24.9 Å². The van der Waals surface area contributed by atoms with Gasteiger partial charge in [0.15, 0.2) is 0 Å². The average molecular weight is 230 g/mol. The normalized spacial score (nSPS) is 12.4. The predicted molar refractivity (Wildman–Crippen MR) is 65.9 cm³/mol. The molecule has 1 N–H and O–H groups in total. The van der Waals surface area contributed by atoms with E-state index in [9.17, 15) is 4.39 Å². The summed E-state index contributed by atoms with van der Waals surface area (Å²) in [5.41, 5.74) is 1.64. The molecule has 2 rings (SSSR count). The summed E-state index contributed by atoms with van der Waals surface area (Å²) in [5, 5.41) is 3.25. The molecule has 0 radical (unpaired) electrons. The highest BCUT2D eigenvalue weighted by atomic mass is 19.1. The molecule has 0 aliphatic heterocycles. The molecule has 1 aromatic carbocycles. The fourth-order valence-corrected chi connectivity index (χ4v) is 1.70. The van der Waals surface area contributed by atoms with E-state index in [-0.39, 0.29) is 11.9 Å². The Morgan fingerprint density at radius 3 is 2.65 bits per heavy atom. The third-order valence-corrected chi connectivity index (χ3v) is 2.69. The van der Waals surface area contributed by atoms with Gasteiger partial charge in [-0.1, -0.05) is 24.3 Å². The lowest BCUT2D eigenvalue weighted by atomic mass is 10.1. The molecule has 2 nitrogen and oxygen atoms in total. The van der Waals surface area contributed by atoms with Crippen LogP contribution in [0.3, 0.4) is 0 Å². The van der Waals surface area contributed by atoms with E-state index in [0.29, 0.717) is 12.1 Å². The zero-order chi connectivity index (χ0) is 12.1. The molecule has 1 atom stereocenters. The van der Waals surface area contributed by atoms with Gasteiger partial charge in [0.25, 0.3) is 0 Å². The first-order valence-electron chi connectivity index (χ1n) is 5.65. The van der Waals surface area contributed by atoms with Crippen molar-refractivity contribution in [3.8, 4) is 0 Å². The Balaban J connectivity index is 1.99. The first-order chi connectivity index (χ1) is 8.27. The zero-order valence-electron chi connectivity index (χ0n) is 9.73. The minimum absolute atomic E-state index is 0.0294. The van der Waals surface area contributed by atoms with Crippen molar-refractivity contribution >= 4 is 0 Å². The number of benzene rings is 1. The van der Waals surface area contributed by atoms with Crippen molar-refractivity contribution in [1.82, 2.24) is 10.3 Å². The molecule has 0 fully saturated rings. The zero-order valence-corrected chi connectivity index (χ0v) is 9.73. The van der Waals surface area contributed by atoms with E-state index in [1.165, 1.54) is 6.07 Å². The highest BCUT2D eigenvalue weighted by molar-refractivity contribution is 5.20. The number of aromatic nitrogens is 1. The van der Waals surface area contributed by atoms with Crippen LogP contribution in [0.25, 0.3) is 0 Å². The molecule has 1 aromatic heterocycles. The molecule has 17 heavy (non-hydrogen) atoms. The van der Waals surface area contributed by atoms with E-state index in [2.05, 4.69) is 10.3 Å². The van der Waals surface area contributed by atoms with Crippen LogP contribution in [0.1, 0.15) is 24.2 Å². The molecule has 1 heterocycles. The SMILES string of the molecule is CC(NCc1ccccn1)c1ccccc1F. The van der Waals surface area contributed by atoms with Gasteiger partial charge in [0, 0.05) is 24.3 Å². The molecule has 88 valence electrons. The van der Waals surface area contributed by atoms with Gasteiger partial charge in [0.1, 0.15) is 5.82 Å². The number of rotatable bonds is 4. The summed E-state index contributed by atoms with van der Waals surface area (Å²) < 4.78 is 13.5. The number of hydrogen-bond acceptors (Lipinski definition) is 2. The summed E-state index contributed by atoms with van der Waals surface area (Å²) in [7, 11) is 0. The van der Waals surface area contributed by atoms with Crippen LogP contribution in [-0.4, -0.2) is 4.98 Å². The predicted octanol–water partition coefficient (Wildman–Crippen LogP) is 3.07. The Morgan fingerprint density at radius 2 is 1.94 bits per heavy atom. The highest BCUT2D eigenvalue weighted by Gasteiger charge is 2.09. The van der Waals surface area contributed by atoms with Crippen molar-refractivity contribution in [2.75, 3.05) is 0 Å². The van der Waals surface area contributed by atoms with Crippen LogP contribution in [0.4, 0.5) is 4.39 Å². The summed E-state index contributed by atoms with van der Waals surface area (Å²) in [6.07, 6.45) is 1.75. The number of pyridine rings is 1. The van der Waals surface area contributed by atoms with Gasteiger partial charge in [-0.05, 0) is 25.1 Å².